The van der Waals surface area contributed by atoms with E-state index in [0.29, 0.717) is 54.9 Å². The van der Waals surface area contributed by atoms with Gasteiger partial charge < -0.3 is 20.1 Å². The number of halogens is 1. The van der Waals surface area contributed by atoms with Gasteiger partial charge in [0.1, 0.15) is 5.75 Å². The Labute approximate surface area is 174 Å². The van der Waals surface area contributed by atoms with Crippen molar-refractivity contribution in [1.82, 2.24) is 15.3 Å². The van der Waals surface area contributed by atoms with Crippen molar-refractivity contribution >= 4 is 35.0 Å². The van der Waals surface area contributed by atoms with Crippen molar-refractivity contribution in [2.45, 2.75) is 19.8 Å². The Balaban J connectivity index is 1.84. The number of hydrogen-bond acceptors (Lipinski definition) is 6. The van der Waals surface area contributed by atoms with Crippen LogP contribution in [0.15, 0.2) is 30.6 Å². The number of ether oxygens (including phenoxy) is 2. The lowest BCUT2D eigenvalue weighted by atomic mass is 10.3. The minimum atomic E-state index is -0.499. The Morgan fingerprint density at radius 1 is 1.14 bits per heavy atom. The molecule has 29 heavy (non-hydrogen) atoms. The van der Waals surface area contributed by atoms with Gasteiger partial charge in [-0.25, -0.2) is 9.78 Å². The highest BCUT2D eigenvalue weighted by atomic mass is 35.5. The number of nitrogens with one attached hydrogen (secondary N) is 3. The third-order valence-corrected chi connectivity index (χ3v) is 3.88. The number of anilines is 2. The average molecular weight is 422 g/mol. The van der Waals surface area contributed by atoms with E-state index in [1.54, 1.807) is 38.4 Å². The highest BCUT2D eigenvalue weighted by molar-refractivity contribution is 6.31. The van der Waals surface area contributed by atoms with E-state index >= 15 is 0 Å². The molecule has 0 aliphatic carbocycles. The Morgan fingerprint density at radius 2 is 1.97 bits per heavy atom. The highest BCUT2D eigenvalue weighted by Crippen LogP contribution is 2.28. The summed E-state index contributed by atoms with van der Waals surface area (Å²) in [5.41, 5.74) is 1.16. The van der Waals surface area contributed by atoms with Crippen molar-refractivity contribution in [2.75, 3.05) is 37.5 Å². The van der Waals surface area contributed by atoms with Crippen LogP contribution in [0.1, 0.15) is 18.5 Å². The number of methoxy groups -OCH3 is 1. The van der Waals surface area contributed by atoms with Gasteiger partial charge in [0, 0.05) is 25.1 Å². The topological polar surface area (TPSA) is 114 Å². The second-order valence-corrected chi connectivity index (χ2v) is 6.49. The molecule has 1 heterocycles. The summed E-state index contributed by atoms with van der Waals surface area (Å²) < 4.78 is 10.6. The van der Waals surface area contributed by atoms with Gasteiger partial charge in [0.15, 0.2) is 5.82 Å². The van der Waals surface area contributed by atoms with E-state index in [0.717, 1.165) is 5.69 Å². The fraction of sp³-hybridized carbons (Fsp3) is 0.368. The molecule has 0 bridgehead atoms. The Bertz CT molecular complexity index is 817. The maximum atomic E-state index is 12.2. The van der Waals surface area contributed by atoms with E-state index in [4.69, 9.17) is 21.1 Å². The van der Waals surface area contributed by atoms with Gasteiger partial charge in [-0.05, 0) is 31.5 Å². The molecule has 10 heteroatoms. The normalized spacial score (nSPS) is 10.3. The third-order valence-electron chi connectivity index (χ3n) is 3.65. The van der Waals surface area contributed by atoms with Crippen LogP contribution in [-0.4, -0.2) is 48.8 Å². The molecule has 0 fully saturated rings. The van der Waals surface area contributed by atoms with Gasteiger partial charge in [-0.15, -0.1) is 0 Å². The second kappa shape index (κ2) is 11.8. The summed E-state index contributed by atoms with van der Waals surface area (Å²) in [6, 6.07) is 4.42. The predicted octanol–water partition coefficient (Wildman–Crippen LogP) is 3.00. The molecule has 0 unspecified atom stereocenters. The van der Waals surface area contributed by atoms with Crippen molar-refractivity contribution in [3.63, 3.8) is 0 Å². The molecule has 0 spiro atoms. The smallest absolute Gasteiger partial charge is 0.325 e. The van der Waals surface area contributed by atoms with Crippen molar-refractivity contribution in [3.8, 4) is 5.75 Å². The first-order valence-corrected chi connectivity index (χ1v) is 9.40. The van der Waals surface area contributed by atoms with Crippen molar-refractivity contribution < 1.29 is 19.1 Å². The minimum absolute atomic E-state index is 0.0726. The van der Waals surface area contributed by atoms with E-state index in [1.165, 1.54) is 6.20 Å². The van der Waals surface area contributed by atoms with Crippen LogP contribution in [-0.2, 0) is 9.53 Å². The molecule has 0 aliphatic heterocycles. The molecule has 0 atom stereocenters. The minimum Gasteiger partial charge on any atom is -0.491 e. The number of aromatic nitrogens is 2. The van der Waals surface area contributed by atoms with Gasteiger partial charge in [-0.3, -0.25) is 15.1 Å². The maximum absolute atomic E-state index is 12.2. The van der Waals surface area contributed by atoms with Crippen LogP contribution in [0.4, 0.5) is 16.3 Å². The SMILES string of the molecule is COCCC(=O)NCCCOc1ccc(Cl)cc1NC(=O)Nc1cnc(C)cn1. The number of hydrogen-bond donors (Lipinski definition) is 3. The number of carbonyl (C=O) groups is 2. The van der Waals surface area contributed by atoms with Crippen molar-refractivity contribution in [3.05, 3.63) is 41.3 Å². The standard InChI is InChI=1S/C19H24ClN5O4/c1-13-11-23-17(12-22-13)25-19(27)24-15-10-14(20)4-5-16(15)29-8-3-7-21-18(26)6-9-28-2/h4-5,10-12H,3,6-9H2,1-2H3,(H,21,26)(H2,23,24,25,27). The summed E-state index contributed by atoms with van der Waals surface area (Å²) in [6.45, 7) is 3.02. The molecule has 1 aromatic heterocycles. The first-order valence-electron chi connectivity index (χ1n) is 9.02. The Hall–Kier alpha value is -2.91. The van der Waals surface area contributed by atoms with Crippen LogP contribution < -0.4 is 20.7 Å². The number of urea groups is 1. The molecule has 3 amide bonds. The zero-order valence-corrected chi connectivity index (χ0v) is 17.1. The second-order valence-electron chi connectivity index (χ2n) is 6.06. The summed E-state index contributed by atoms with van der Waals surface area (Å²) in [6.07, 6.45) is 3.94. The average Bonchev–Trinajstić information content (AvgIpc) is 2.69. The van der Waals surface area contributed by atoms with Gasteiger partial charge in [0.05, 0.1) is 37.0 Å². The lowest BCUT2D eigenvalue weighted by Crippen LogP contribution is -2.26. The van der Waals surface area contributed by atoms with Crippen molar-refractivity contribution in [1.29, 1.82) is 0 Å². The van der Waals surface area contributed by atoms with E-state index in [2.05, 4.69) is 25.9 Å². The largest absolute Gasteiger partial charge is 0.491 e. The van der Waals surface area contributed by atoms with Crippen LogP contribution in [0.2, 0.25) is 5.02 Å². The zero-order chi connectivity index (χ0) is 21.1. The molecule has 2 rings (SSSR count). The molecule has 1 aromatic carbocycles. The van der Waals surface area contributed by atoms with Crippen LogP contribution in [0, 0.1) is 6.92 Å². The van der Waals surface area contributed by atoms with Crippen LogP contribution in [0.25, 0.3) is 0 Å². The lowest BCUT2D eigenvalue weighted by Gasteiger charge is -2.13. The predicted molar refractivity (Wildman–Crippen MR) is 110 cm³/mol. The van der Waals surface area contributed by atoms with E-state index in [-0.39, 0.29) is 5.91 Å². The number of carbonyl (C=O) groups excluding carboxylic acids is 2. The van der Waals surface area contributed by atoms with Gasteiger partial charge in [0.25, 0.3) is 0 Å². The van der Waals surface area contributed by atoms with Gasteiger partial charge in [0.2, 0.25) is 5.91 Å². The summed E-state index contributed by atoms with van der Waals surface area (Å²) in [5.74, 6) is 0.712. The van der Waals surface area contributed by atoms with Gasteiger partial charge in [-0.2, -0.15) is 0 Å². The molecule has 9 nitrogen and oxygen atoms in total. The van der Waals surface area contributed by atoms with Gasteiger partial charge >= 0.3 is 6.03 Å². The molecular weight excluding hydrogens is 398 g/mol. The Kier molecular flexibility index (Phi) is 9.13. The number of benzene rings is 1. The molecule has 0 aliphatic rings. The first-order chi connectivity index (χ1) is 14.0. The fourth-order valence-electron chi connectivity index (χ4n) is 2.22. The number of nitrogens with zero attached hydrogens (tertiary/aromatic N) is 2. The number of rotatable bonds is 10. The fourth-order valence-corrected chi connectivity index (χ4v) is 2.39. The molecule has 0 saturated heterocycles. The maximum Gasteiger partial charge on any atom is 0.325 e. The van der Waals surface area contributed by atoms with E-state index in [9.17, 15) is 9.59 Å². The molecule has 0 radical (unpaired) electrons. The summed E-state index contributed by atoms with van der Waals surface area (Å²) in [4.78, 5) is 31.9. The first kappa shape index (κ1) is 22.4. The zero-order valence-electron chi connectivity index (χ0n) is 16.3. The monoisotopic (exact) mass is 421 g/mol. The van der Waals surface area contributed by atoms with Crippen LogP contribution in [0.3, 0.4) is 0 Å². The quantitative estimate of drug-likeness (QED) is 0.508. The van der Waals surface area contributed by atoms with Crippen LogP contribution in [0.5, 0.6) is 5.75 Å². The molecule has 156 valence electrons. The number of amides is 3. The molecule has 2 aromatic rings. The van der Waals surface area contributed by atoms with E-state index < -0.39 is 6.03 Å². The third kappa shape index (κ3) is 8.32. The molecule has 0 saturated carbocycles. The van der Waals surface area contributed by atoms with E-state index in [1.807, 2.05) is 0 Å². The van der Waals surface area contributed by atoms with Crippen LogP contribution >= 0.6 is 11.6 Å². The summed E-state index contributed by atoms with van der Waals surface area (Å²) >= 11 is 6.03. The lowest BCUT2D eigenvalue weighted by molar-refractivity contribution is -0.121. The summed E-state index contributed by atoms with van der Waals surface area (Å²) in [5, 5.41) is 8.51. The highest BCUT2D eigenvalue weighted by Gasteiger charge is 2.10. The van der Waals surface area contributed by atoms with Crippen molar-refractivity contribution in [2.24, 2.45) is 0 Å². The summed E-state index contributed by atoms with van der Waals surface area (Å²) in [7, 11) is 1.55. The molecule has 3 N–H and O–H groups in total. The Morgan fingerprint density at radius 3 is 2.69 bits per heavy atom. The van der Waals surface area contributed by atoms with Gasteiger partial charge in [-0.1, -0.05) is 11.6 Å². The number of aryl methyl sites for hydroxylation is 1. The molecular formula is C19H24ClN5O4.